The molecule has 1 saturated carbocycles. The van der Waals surface area contributed by atoms with E-state index in [2.05, 4.69) is 22.0 Å². The lowest BCUT2D eigenvalue weighted by atomic mass is 9.90. The molecule has 0 radical (unpaired) electrons. The zero-order chi connectivity index (χ0) is 24.5. The Hall–Kier alpha value is -3.67. The average molecular weight is 481 g/mol. The molecule has 3 aliphatic rings. The van der Waals surface area contributed by atoms with E-state index in [0.29, 0.717) is 5.91 Å². The van der Waals surface area contributed by atoms with Crippen LogP contribution in [0.3, 0.4) is 0 Å². The summed E-state index contributed by atoms with van der Waals surface area (Å²) in [6.07, 6.45) is 4.63. The minimum Gasteiger partial charge on any atom is -0.353 e. The lowest BCUT2D eigenvalue weighted by Gasteiger charge is -2.37. The van der Waals surface area contributed by atoms with Crippen LogP contribution in [0, 0.1) is 11.3 Å². The summed E-state index contributed by atoms with van der Waals surface area (Å²) in [7, 11) is 0. The van der Waals surface area contributed by atoms with Crippen molar-refractivity contribution >= 4 is 17.6 Å². The number of hydrogen-bond acceptors (Lipinski definition) is 4. The summed E-state index contributed by atoms with van der Waals surface area (Å²) in [5.74, 6) is 1.52. The molecule has 3 fully saturated rings. The highest BCUT2D eigenvalue weighted by Gasteiger charge is 2.59. The Morgan fingerprint density at radius 2 is 1.39 bits per heavy atom. The number of anilines is 1. The summed E-state index contributed by atoms with van der Waals surface area (Å²) in [6.45, 7) is 4.63. The molecule has 0 bridgehead atoms. The first-order valence-corrected chi connectivity index (χ1v) is 13.0. The summed E-state index contributed by atoms with van der Waals surface area (Å²) >= 11 is 0. The fourth-order valence-electron chi connectivity index (χ4n) is 5.94. The maximum atomic E-state index is 13.3. The molecule has 2 saturated heterocycles. The van der Waals surface area contributed by atoms with Crippen LogP contribution in [-0.4, -0.2) is 65.9 Å². The lowest BCUT2D eigenvalue weighted by Crippen LogP contribution is -2.50. The van der Waals surface area contributed by atoms with Gasteiger partial charge in [-0.1, -0.05) is 48.5 Å². The molecule has 1 atom stereocenters. The molecule has 2 aromatic carbocycles. The fourth-order valence-corrected chi connectivity index (χ4v) is 5.94. The molecule has 6 nitrogen and oxygen atoms in total. The molecule has 2 aliphatic heterocycles. The fraction of sp³-hybridized carbons (Fsp3) is 0.367. The monoisotopic (exact) mass is 480 g/mol. The van der Waals surface area contributed by atoms with Crippen molar-refractivity contribution in [2.75, 3.05) is 44.2 Å². The molecule has 3 aromatic rings. The van der Waals surface area contributed by atoms with Gasteiger partial charge in [-0.15, -0.1) is 0 Å². The van der Waals surface area contributed by atoms with E-state index >= 15 is 0 Å². The highest BCUT2D eigenvalue weighted by atomic mass is 16.2. The van der Waals surface area contributed by atoms with Gasteiger partial charge in [0.15, 0.2) is 0 Å². The molecule has 6 heteroatoms. The number of amides is 2. The molecule has 36 heavy (non-hydrogen) atoms. The van der Waals surface area contributed by atoms with Crippen LogP contribution in [0.4, 0.5) is 5.82 Å². The number of rotatable bonds is 4. The van der Waals surface area contributed by atoms with E-state index in [9.17, 15) is 9.59 Å². The van der Waals surface area contributed by atoms with Gasteiger partial charge in [-0.25, -0.2) is 4.98 Å². The Labute approximate surface area is 212 Å². The topological polar surface area (TPSA) is 56.8 Å². The largest absolute Gasteiger partial charge is 0.353 e. The van der Waals surface area contributed by atoms with Gasteiger partial charge in [-0.2, -0.15) is 0 Å². The third-order valence-corrected chi connectivity index (χ3v) is 8.34. The van der Waals surface area contributed by atoms with E-state index in [1.807, 2.05) is 76.7 Å². The average Bonchev–Trinajstić information content (AvgIpc) is 3.66. The maximum Gasteiger partial charge on any atom is 0.253 e. The number of pyridine rings is 1. The number of piperazine rings is 1. The van der Waals surface area contributed by atoms with E-state index in [4.69, 9.17) is 0 Å². The van der Waals surface area contributed by atoms with Crippen LogP contribution in [0.15, 0.2) is 79.0 Å². The first kappa shape index (κ1) is 22.8. The predicted octanol–water partition coefficient (Wildman–Crippen LogP) is 4.34. The summed E-state index contributed by atoms with van der Waals surface area (Å²) in [5, 5.41) is 0. The smallest absolute Gasteiger partial charge is 0.253 e. The number of carbonyl (C=O) groups excluding carboxylic acids is 2. The molecular formula is C30H32N4O2. The number of nitrogens with zero attached hydrogens (tertiary/aromatic N) is 4. The third kappa shape index (κ3) is 4.36. The second-order valence-electron chi connectivity index (χ2n) is 10.4. The summed E-state index contributed by atoms with van der Waals surface area (Å²) in [5.41, 5.74) is 3.10. The summed E-state index contributed by atoms with van der Waals surface area (Å²) < 4.78 is 0. The Morgan fingerprint density at radius 1 is 0.722 bits per heavy atom. The van der Waals surface area contributed by atoms with Gasteiger partial charge < -0.3 is 14.7 Å². The van der Waals surface area contributed by atoms with Crippen molar-refractivity contribution in [1.29, 1.82) is 0 Å². The molecular weight excluding hydrogens is 448 g/mol. The van der Waals surface area contributed by atoms with Gasteiger partial charge in [-0.3, -0.25) is 9.59 Å². The van der Waals surface area contributed by atoms with Gasteiger partial charge in [0, 0.05) is 56.9 Å². The minimum atomic E-state index is 0.0960. The van der Waals surface area contributed by atoms with E-state index in [1.165, 1.54) is 0 Å². The molecule has 184 valence electrons. The van der Waals surface area contributed by atoms with E-state index in [-0.39, 0.29) is 17.2 Å². The van der Waals surface area contributed by atoms with Crippen molar-refractivity contribution < 1.29 is 9.59 Å². The van der Waals surface area contributed by atoms with Gasteiger partial charge >= 0.3 is 0 Å². The lowest BCUT2D eigenvalue weighted by molar-refractivity contribution is -0.134. The van der Waals surface area contributed by atoms with Crippen molar-refractivity contribution in [3.8, 4) is 11.1 Å². The number of aromatic nitrogens is 1. The second kappa shape index (κ2) is 9.41. The van der Waals surface area contributed by atoms with Gasteiger partial charge in [0.25, 0.3) is 5.91 Å². The van der Waals surface area contributed by atoms with Crippen LogP contribution in [0.25, 0.3) is 11.1 Å². The summed E-state index contributed by atoms with van der Waals surface area (Å²) in [4.78, 5) is 37.1. The van der Waals surface area contributed by atoms with E-state index in [1.54, 1.807) is 0 Å². The van der Waals surface area contributed by atoms with E-state index in [0.717, 1.165) is 81.0 Å². The Balaban J connectivity index is 1.01. The zero-order valence-electron chi connectivity index (χ0n) is 20.6. The maximum absolute atomic E-state index is 13.3. The molecule has 2 amide bonds. The van der Waals surface area contributed by atoms with Crippen LogP contribution in [-0.2, 0) is 4.79 Å². The van der Waals surface area contributed by atoms with Crippen LogP contribution in [0.5, 0.6) is 0 Å². The van der Waals surface area contributed by atoms with Crippen LogP contribution in [0.1, 0.15) is 29.6 Å². The Kier molecular flexibility index (Phi) is 5.96. The normalized spacial score (nSPS) is 20.9. The molecule has 1 aromatic heterocycles. The third-order valence-electron chi connectivity index (χ3n) is 8.34. The van der Waals surface area contributed by atoms with E-state index < -0.39 is 0 Å². The van der Waals surface area contributed by atoms with Crippen molar-refractivity contribution in [1.82, 2.24) is 14.8 Å². The van der Waals surface area contributed by atoms with Crippen LogP contribution >= 0.6 is 0 Å². The molecule has 3 heterocycles. The highest BCUT2D eigenvalue weighted by Crippen LogP contribution is 2.60. The first-order chi connectivity index (χ1) is 17.6. The molecule has 0 unspecified atom stereocenters. The van der Waals surface area contributed by atoms with Crippen LogP contribution in [0.2, 0.25) is 0 Å². The second-order valence-corrected chi connectivity index (χ2v) is 10.4. The van der Waals surface area contributed by atoms with Gasteiger partial charge in [0.1, 0.15) is 5.82 Å². The zero-order valence-corrected chi connectivity index (χ0v) is 20.6. The first-order valence-electron chi connectivity index (χ1n) is 13.0. The van der Waals surface area contributed by atoms with Crippen molar-refractivity contribution in [2.45, 2.75) is 19.3 Å². The molecule has 1 spiro atoms. The number of likely N-dealkylation sites (tertiary alicyclic amines) is 1. The number of hydrogen-bond donors (Lipinski definition) is 0. The summed E-state index contributed by atoms with van der Waals surface area (Å²) in [6, 6.07) is 24.1. The van der Waals surface area contributed by atoms with Crippen LogP contribution < -0.4 is 4.90 Å². The number of carbonyl (C=O) groups is 2. The minimum absolute atomic E-state index is 0.0960. The van der Waals surface area contributed by atoms with Gasteiger partial charge in [0.2, 0.25) is 5.91 Å². The predicted molar refractivity (Wildman–Crippen MR) is 141 cm³/mol. The number of benzene rings is 2. The van der Waals surface area contributed by atoms with Gasteiger partial charge in [-0.05, 0) is 60.1 Å². The number of piperidine rings is 1. The molecule has 1 aliphatic carbocycles. The highest BCUT2D eigenvalue weighted by molar-refractivity contribution is 5.95. The quantitative estimate of drug-likeness (QED) is 0.558. The molecule has 0 N–H and O–H groups in total. The SMILES string of the molecule is O=C(c1ccc(-c2ccccc2)cc1)N1CCC2(CC1)C[C@H]2C(=O)N1CCN(c2ccccn2)CC1. The van der Waals surface area contributed by atoms with Crippen molar-refractivity contribution in [2.24, 2.45) is 11.3 Å². The standard InChI is InChI=1S/C30H32N4O2/c35-28(25-11-9-24(10-12-25)23-6-2-1-3-7-23)33-16-13-30(14-17-33)22-26(30)29(36)34-20-18-32(19-21-34)27-8-4-5-15-31-27/h1-12,15,26H,13-14,16-22H2/t26-/m0/s1. The van der Waals surface area contributed by atoms with Crippen molar-refractivity contribution in [3.63, 3.8) is 0 Å². The molecule has 6 rings (SSSR count). The Bertz CT molecular complexity index is 1210. The van der Waals surface area contributed by atoms with Gasteiger partial charge in [0.05, 0.1) is 0 Å². The Morgan fingerprint density at radius 3 is 2.06 bits per heavy atom. The van der Waals surface area contributed by atoms with Crippen molar-refractivity contribution in [3.05, 3.63) is 84.6 Å².